The fourth-order valence-electron chi connectivity index (χ4n) is 4.09. The predicted molar refractivity (Wildman–Crippen MR) is 108 cm³/mol. The van der Waals surface area contributed by atoms with E-state index in [1.54, 1.807) is 7.11 Å². The van der Waals surface area contributed by atoms with Crippen LogP contribution in [0.2, 0.25) is 0 Å². The molecule has 4 rings (SSSR count). The maximum atomic E-state index is 5.86. The molecule has 1 heterocycles. The molecule has 2 aromatic carbocycles. The van der Waals surface area contributed by atoms with Crippen LogP contribution in [-0.4, -0.2) is 7.11 Å². The smallest absolute Gasteiger partial charge is 0.130 e. The lowest BCUT2D eigenvalue weighted by Gasteiger charge is -2.16. The number of methoxy groups -OCH3 is 1. The van der Waals surface area contributed by atoms with Gasteiger partial charge in [-0.05, 0) is 103 Å². The normalized spacial score (nSPS) is 12.9. The van der Waals surface area contributed by atoms with Crippen LogP contribution in [0, 0.1) is 27.7 Å². The second kappa shape index (κ2) is 6.21. The molecule has 0 saturated carbocycles. The molecular formula is C24H24O2. The lowest BCUT2D eigenvalue weighted by molar-refractivity contribution is 0.408. The topological polar surface area (TPSA) is 22.4 Å². The van der Waals surface area contributed by atoms with Gasteiger partial charge in [-0.2, -0.15) is 0 Å². The minimum Gasteiger partial charge on any atom is -0.496 e. The summed E-state index contributed by atoms with van der Waals surface area (Å²) < 4.78 is 11.4. The molecule has 0 amide bonds. The Morgan fingerprint density at radius 2 is 1.62 bits per heavy atom. The van der Waals surface area contributed by atoms with Crippen LogP contribution in [0.1, 0.15) is 39.3 Å². The Bertz CT molecular complexity index is 1010. The molecule has 26 heavy (non-hydrogen) atoms. The molecule has 0 bridgehead atoms. The van der Waals surface area contributed by atoms with Gasteiger partial charge in [0.05, 0.1) is 7.11 Å². The SMILES string of the molecule is COc1c(C)cc(-c2c(C)ccc3c2C=C(c2ccc(C)o2)C3)cc1C. The van der Waals surface area contributed by atoms with E-state index in [0.717, 1.165) is 23.7 Å². The molecule has 0 aliphatic heterocycles. The summed E-state index contributed by atoms with van der Waals surface area (Å²) in [6.45, 7) is 8.40. The van der Waals surface area contributed by atoms with Crippen LogP contribution in [0.4, 0.5) is 0 Å². The Kier molecular flexibility index (Phi) is 3.99. The Hall–Kier alpha value is -2.74. The highest BCUT2D eigenvalue weighted by atomic mass is 16.5. The molecule has 3 aromatic rings. The summed E-state index contributed by atoms with van der Waals surface area (Å²) in [4.78, 5) is 0. The van der Waals surface area contributed by atoms with Gasteiger partial charge in [0.1, 0.15) is 17.3 Å². The summed E-state index contributed by atoms with van der Waals surface area (Å²) in [5.41, 5.74) is 10.1. The number of ether oxygens (including phenoxy) is 1. The van der Waals surface area contributed by atoms with Crippen LogP contribution in [0.25, 0.3) is 22.8 Å². The molecule has 0 fully saturated rings. The predicted octanol–water partition coefficient (Wildman–Crippen LogP) is 6.29. The number of rotatable bonds is 3. The van der Waals surface area contributed by atoms with E-state index in [2.05, 4.69) is 57.2 Å². The average molecular weight is 344 g/mol. The summed E-state index contributed by atoms with van der Waals surface area (Å²) in [5.74, 6) is 2.90. The van der Waals surface area contributed by atoms with Crippen LogP contribution >= 0.6 is 0 Å². The molecule has 1 aliphatic rings. The third-order valence-corrected chi connectivity index (χ3v) is 5.25. The standard InChI is InChI=1S/C24H24O2/c1-14-6-8-18-12-19(22-9-7-17(4)26-22)13-21(18)23(14)20-10-15(2)24(25-5)16(3)11-20/h6-11,13H,12H2,1-5H3. The van der Waals surface area contributed by atoms with Crippen LogP contribution in [0.5, 0.6) is 5.75 Å². The lowest BCUT2D eigenvalue weighted by Crippen LogP contribution is -1.95. The number of furan rings is 1. The number of aryl methyl sites for hydroxylation is 4. The van der Waals surface area contributed by atoms with Crippen molar-refractivity contribution in [2.45, 2.75) is 34.1 Å². The maximum absolute atomic E-state index is 5.86. The first-order valence-corrected chi connectivity index (χ1v) is 9.03. The summed E-state index contributed by atoms with van der Waals surface area (Å²) >= 11 is 0. The van der Waals surface area contributed by atoms with E-state index in [9.17, 15) is 0 Å². The van der Waals surface area contributed by atoms with Crippen molar-refractivity contribution < 1.29 is 9.15 Å². The van der Waals surface area contributed by atoms with Gasteiger partial charge < -0.3 is 9.15 Å². The van der Waals surface area contributed by atoms with Gasteiger partial charge in [0.2, 0.25) is 0 Å². The Labute approximate surface area is 155 Å². The van der Waals surface area contributed by atoms with Crippen LogP contribution < -0.4 is 4.74 Å². The van der Waals surface area contributed by atoms with Gasteiger partial charge in [-0.3, -0.25) is 0 Å². The first-order valence-electron chi connectivity index (χ1n) is 9.03. The van der Waals surface area contributed by atoms with Gasteiger partial charge in [0.25, 0.3) is 0 Å². The number of allylic oxidation sites excluding steroid dienone is 1. The van der Waals surface area contributed by atoms with Crippen molar-refractivity contribution in [2.75, 3.05) is 7.11 Å². The van der Waals surface area contributed by atoms with E-state index in [1.807, 2.05) is 13.0 Å². The molecule has 2 heteroatoms. The summed E-state index contributed by atoms with van der Waals surface area (Å²) in [7, 11) is 1.74. The second-order valence-corrected chi connectivity index (χ2v) is 7.23. The fraction of sp³-hybridized carbons (Fsp3) is 0.250. The molecular weight excluding hydrogens is 320 g/mol. The second-order valence-electron chi connectivity index (χ2n) is 7.23. The number of fused-ring (bicyclic) bond motifs is 1. The van der Waals surface area contributed by atoms with E-state index in [0.29, 0.717) is 0 Å². The van der Waals surface area contributed by atoms with Crippen LogP contribution in [-0.2, 0) is 6.42 Å². The van der Waals surface area contributed by atoms with Crippen molar-refractivity contribution in [2.24, 2.45) is 0 Å². The number of benzene rings is 2. The molecule has 0 N–H and O–H groups in total. The van der Waals surface area contributed by atoms with Crippen LogP contribution in [0.3, 0.4) is 0 Å². The molecule has 0 unspecified atom stereocenters. The van der Waals surface area contributed by atoms with Crippen LogP contribution in [0.15, 0.2) is 40.8 Å². The van der Waals surface area contributed by atoms with Gasteiger partial charge in [-0.15, -0.1) is 0 Å². The maximum Gasteiger partial charge on any atom is 0.130 e. The minimum absolute atomic E-state index is 0.920. The zero-order valence-corrected chi connectivity index (χ0v) is 16.1. The highest BCUT2D eigenvalue weighted by Crippen LogP contribution is 2.41. The van der Waals surface area contributed by atoms with Crippen molar-refractivity contribution in [3.8, 4) is 16.9 Å². The first-order chi connectivity index (χ1) is 12.5. The Morgan fingerprint density at radius 1 is 0.885 bits per heavy atom. The highest BCUT2D eigenvalue weighted by molar-refractivity contribution is 5.94. The zero-order chi connectivity index (χ0) is 18.4. The van der Waals surface area contributed by atoms with Gasteiger partial charge in [-0.25, -0.2) is 0 Å². The van der Waals surface area contributed by atoms with Gasteiger partial charge in [0, 0.05) is 6.42 Å². The number of hydrogen-bond donors (Lipinski definition) is 0. The molecule has 2 nitrogen and oxygen atoms in total. The Morgan fingerprint density at radius 3 is 2.23 bits per heavy atom. The fourth-order valence-corrected chi connectivity index (χ4v) is 4.09. The van der Waals surface area contributed by atoms with E-state index in [1.165, 1.54) is 44.5 Å². The van der Waals surface area contributed by atoms with Gasteiger partial charge in [0.15, 0.2) is 0 Å². The molecule has 0 atom stereocenters. The molecule has 1 aliphatic carbocycles. The molecule has 132 valence electrons. The van der Waals surface area contributed by atoms with Crippen molar-refractivity contribution in [1.82, 2.24) is 0 Å². The summed E-state index contributed by atoms with van der Waals surface area (Å²) in [5, 5.41) is 0. The number of hydrogen-bond acceptors (Lipinski definition) is 2. The Balaban J connectivity index is 1.88. The van der Waals surface area contributed by atoms with E-state index < -0.39 is 0 Å². The van der Waals surface area contributed by atoms with Crippen molar-refractivity contribution in [1.29, 1.82) is 0 Å². The first kappa shape index (κ1) is 16.7. The monoisotopic (exact) mass is 344 g/mol. The van der Waals surface area contributed by atoms with E-state index in [4.69, 9.17) is 9.15 Å². The average Bonchev–Trinajstić information content (AvgIpc) is 3.20. The molecule has 0 radical (unpaired) electrons. The largest absolute Gasteiger partial charge is 0.496 e. The minimum atomic E-state index is 0.920. The van der Waals surface area contributed by atoms with E-state index in [-0.39, 0.29) is 0 Å². The summed E-state index contributed by atoms with van der Waals surface area (Å²) in [6, 6.07) is 13.0. The molecule has 1 aromatic heterocycles. The zero-order valence-electron chi connectivity index (χ0n) is 16.1. The highest BCUT2D eigenvalue weighted by Gasteiger charge is 2.21. The lowest BCUT2D eigenvalue weighted by atomic mass is 9.91. The third kappa shape index (κ3) is 2.66. The van der Waals surface area contributed by atoms with Crippen molar-refractivity contribution in [3.05, 3.63) is 75.7 Å². The van der Waals surface area contributed by atoms with E-state index >= 15 is 0 Å². The molecule has 0 spiro atoms. The quantitative estimate of drug-likeness (QED) is 0.557. The van der Waals surface area contributed by atoms with Crippen molar-refractivity contribution >= 4 is 11.6 Å². The van der Waals surface area contributed by atoms with Gasteiger partial charge in [-0.1, -0.05) is 12.1 Å². The summed E-state index contributed by atoms with van der Waals surface area (Å²) in [6.07, 6.45) is 3.22. The third-order valence-electron chi connectivity index (χ3n) is 5.25. The molecule has 0 saturated heterocycles. The van der Waals surface area contributed by atoms with Crippen molar-refractivity contribution in [3.63, 3.8) is 0 Å². The van der Waals surface area contributed by atoms with Gasteiger partial charge >= 0.3 is 0 Å².